The van der Waals surface area contributed by atoms with Crippen molar-refractivity contribution in [3.63, 3.8) is 0 Å². The highest BCUT2D eigenvalue weighted by atomic mass is 15.2. The van der Waals surface area contributed by atoms with Crippen LogP contribution in [0.5, 0.6) is 0 Å². The van der Waals surface area contributed by atoms with Crippen molar-refractivity contribution in [3.05, 3.63) is 230 Å². The summed E-state index contributed by atoms with van der Waals surface area (Å²) in [7, 11) is 2.24. The fraction of sp³-hybridized carbons (Fsp3) is 0.147. The number of anilines is 6. The fourth-order valence-corrected chi connectivity index (χ4v) is 14.3. The second-order valence-electron chi connectivity index (χ2n) is 22.1. The quantitative estimate of drug-likeness (QED) is 0.122. The topological polar surface area (TPSA) is 31.1 Å². The molecule has 0 amide bonds. The zero-order valence-corrected chi connectivity index (χ0v) is 47.7. The van der Waals surface area contributed by atoms with Gasteiger partial charge in [-0.15, -0.1) is 0 Å². The monoisotopic (exact) mass is 1060 g/mol. The first kappa shape index (κ1) is 49.3. The molecule has 0 radical (unpaired) electrons. The SMILES string of the molecule is CCn1c2ccccc2c2ccc(N(c3ccc(-c4c(C)c(C)c(-c5ccc(N(c6ccc7c8ccccc8n(CC)c7c6)c6ccc7c8ccccc8n(CC)c7c6)cc5)n4C)cc3)c3ccc4c5ccccc5n(CC)c4c3)cc21. The van der Waals surface area contributed by atoms with Crippen molar-refractivity contribution in [3.8, 4) is 22.5 Å². The lowest BCUT2D eigenvalue weighted by atomic mass is 10.0. The summed E-state index contributed by atoms with van der Waals surface area (Å²) in [6.07, 6.45) is 0. The van der Waals surface area contributed by atoms with E-state index in [4.69, 9.17) is 0 Å². The number of nitrogens with zero attached hydrogens (tertiary/aromatic N) is 7. The van der Waals surface area contributed by atoms with Gasteiger partial charge in [-0.2, -0.15) is 0 Å². The fourth-order valence-electron chi connectivity index (χ4n) is 14.3. The third-order valence-corrected chi connectivity index (χ3v) is 18.1. The van der Waals surface area contributed by atoms with E-state index < -0.39 is 0 Å². The van der Waals surface area contributed by atoms with Gasteiger partial charge in [-0.25, -0.2) is 0 Å². The largest absolute Gasteiger partial charge is 0.343 e. The van der Waals surface area contributed by atoms with Crippen LogP contribution in [0.1, 0.15) is 38.8 Å². The van der Waals surface area contributed by atoms with Crippen molar-refractivity contribution < 1.29 is 0 Å². The Morgan fingerprint density at radius 2 is 0.500 bits per heavy atom. The van der Waals surface area contributed by atoms with Crippen molar-refractivity contribution in [1.29, 1.82) is 0 Å². The Labute approximate surface area is 478 Å². The van der Waals surface area contributed by atoms with Gasteiger partial charge in [0.2, 0.25) is 0 Å². The summed E-state index contributed by atoms with van der Waals surface area (Å²) in [5.41, 5.74) is 24.1. The first-order valence-corrected chi connectivity index (χ1v) is 29.3. The predicted octanol–water partition coefficient (Wildman–Crippen LogP) is 20.4. The molecule has 0 bridgehead atoms. The summed E-state index contributed by atoms with van der Waals surface area (Å²) < 4.78 is 12.2. The number of fused-ring (bicyclic) bond motifs is 12. The minimum Gasteiger partial charge on any atom is -0.343 e. The summed E-state index contributed by atoms with van der Waals surface area (Å²) in [6, 6.07) is 81.8. The van der Waals surface area contributed by atoms with Gasteiger partial charge in [-0.05, 0) is 161 Å². The summed E-state index contributed by atoms with van der Waals surface area (Å²) >= 11 is 0. The molecule has 0 atom stereocenters. The van der Waals surface area contributed by atoms with Gasteiger partial charge in [0.1, 0.15) is 0 Å². The minimum absolute atomic E-state index is 0.886. The van der Waals surface area contributed by atoms with Crippen molar-refractivity contribution in [2.45, 2.75) is 67.7 Å². The summed E-state index contributed by atoms with van der Waals surface area (Å²) in [6.45, 7) is 17.1. The highest BCUT2D eigenvalue weighted by Crippen LogP contribution is 2.45. The summed E-state index contributed by atoms with van der Waals surface area (Å²) in [5.74, 6) is 0. The zero-order chi connectivity index (χ0) is 55.5. The maximum absolute atomic E-state index is 2.45. The van der Waals surface area contributed by atoms with E-state index in [1.807, 2.05) is 0 Å². The standard InChI is InChI=1S/C75H65N7/c1-8-77-66-24-16-12-20-58(66)62-40-36-54(44-70(62)77)81(55-37-41-63-59-21-13-17-25-67(59)78(9-2)71(63)45-55)52-32-28-50(29-33-52)74-48(5)49(6)75(76(74)7)51-30-34-53(35-31-51)82(56-38-42-64-60-22-14-18-26-68(60)79(10-3)72(64)46-56)57-39-43-65-61-23-15-19-27-69(61)80(11-4)73(65)47-57/h12-47H,8-11H2,1-7H3. The number of aryl methyl sites for hydroxylation is 4. The molecule has 0 fully saturated rings. The smallest absolute Gasteiger partial charge is 0.0515 e. The summed E-state index contributed by atoms with van der Waals surface area (Å²) in [5, 5.41) is 10.3. The summed E-state index contributed by atoms with van der Waals surface area (Å²) in [4.78, 5) is 4.89. The van der Waals surface area contributed by atoms with Gasteiger partial charge < -0.3 is 32.6 Å². The molecule has 0 aliphatic rings. The molecule has 15 rings (SSSR count). The Balaban J connectivity index is 0.825. The van der Waals surface area contributed by atoms with Crippen LogP contribution in [0.3, 0.4) is 0 Å². The van der Waals surface area contributed by atoms with Gasteiger partial charge in [0.15, 0.2) is 0 Å². The maximum atomic E-state index is 2.45. The molecule has 0 saturated heterocycles. The minimum atomic E-state index is 0.886. The number of aromatic nitrogens is 5. The average Bonchev–Trinajstić information content (AvgIpc) is 4.39. The van der Waals surface area contributed by atoms with E-state index >= 15 is 0 Å². The molecule has 0 spiro atoms. The maximum Gasteiger partial charge on any atom is 0.0515 e. The Bertz CT molecular complexity index is 4460. The molecule has 7 heteroatoms. The Morgan fingerprint density at radius 3 is 0.756 bits per heavy atom. The van der Waals surface area contributed by atoms with E-state index in [9.17, 15) is 0 Å². The molecule has 0 aliphatic heterocycles. The van der Waals surface area contributed by atoms with Crippen LogP contribution in [0.2, 0.25) is 0 Å². The molecule has 7 nitrogen and oxygen atoms in total. The van der Waals surface area contributed by atoms with E-state index in [0.717, 1.165) is 60.3 Å². The normalized spacial score (nSPS) is 12.0. The third-order valence-electron chi connectivity index (χ3n) is 18.1. The van der Waals surface area contributed by atoms with Crippen LogP contribution >= 0.6 is 0 Å². The molecule has 0 N–H and O–H groups in total. The van der Waals surface area contributed by atoms with Crippen LogP contribution in [-0.2, 0) is 33.2 Å². The van der Waals surface area contributed by atoms with Crippen LogP contribution in [0, 0.1) is 13.8 Å². The molecular formula is C75H65N7. The molecule has 0 saturated carbocycles. The molecule has 5 aromatic heterocycles. The number of hydrogen-bond acceptors (Lipinski definition) is 2. The van der Waals surface area contributed by atoms with Gasteiger partial charge in [-0.1, -0.05) is 121 Å². The first-order valence-electron chi connectivity index (χ1n) is 29.3. The number of hydrogen-bond donors (Lipinski definition) is 0. The number of para-hydroxylation sites is 4. The van der Waals surface area contributed by atoms with Crippen molar-refractivity contribution in [2.75, 3.05) is 9.80 Å². The van der Waals surface area contributed by atoms with Crippen LogP contribution in [0.25, 0.3) is 110 Å². The van der Waals surface area contributed by atoms with E-state index in [2.05, 4.69) is 300 Å². The van der Waals surface area contributed by atoms with Gasteiger partial charge in [-0.3, -0.25) is 0 Å². The van der Waals surface area contributed by atoms with Crippen LogP contribution in [0.4, 0.5) is 34.1 Å². The van der Waals surface area contributed by atoms with E-state index in [1.165, 1.54) is 121 Å². The first-order chi connectivity index (χ1) is 40.3. The lowest BCUT2D eigenvalue weighted by molar-refractivity contribution is 0.827. The van der Waals surface area contributed by atoms with Gasteiger partial charge >= 0.3 is 0 Å². The van der Waals surface area contributed by atoms with E-state index in [0.29, 0.717) is 0 Å². The second kappa shape index (κ2) is 19.2. The highest BCUT2D eigenvalue weighted by molar-refractivity contribution is 6.13. The number of rotatable bonds is 12. The van der Waals surface area contributed by atoms with Gasteiger partial charge in [0.25, 0.3) is 0 Å². The Kier molecular flexibility index (Phi) is 11.6. The van der Waals surface area contributed by atoms with Crippen molar-refractivity contribution in [2.24, 2.45) is 7.05 Å². The molecule has 15 aromatic rings. The molecular weight excluding hydrogens is 999 g/mol. The van der Waals surface area contributed by atoms with Gasteiger partial charge in [0, 0.05) is 133 Å². The van der Waals surface area contributed by atoms with Crippen molar-refractivity contribution in [1.82, 2.24) is 22.8 Å². The predicted molar refractivity (Wildman–Crippen MR) is 350 cm³/mol. The lowest BCUT2D eigenvalue weighted by Gasteiger charge is -2.26. The number of benzene rings is 10. The molecule has 400 valence electrons. The van der Waals surface area contributed by atoms with Crippen LogP contribution in [0.15, 0.2) is 218 Å². The van der Waals surface area contributed by atoms with E-state index in [-0.39, 0.29) is 0 Å². The highest BCUT2D eigenvalue weighted by Gasteiger charge is 2.24. The van der Waals surface area contributed by atoms with Crippen molar-refractivity contribution >= 4 is 121 Å². The molecule has 10 aromatic carbocycles. The van der Waals surface area contributed by atoms with Crippen LogP contribution in [-0.4, -0.2) is 22.8 Å². The Morgan fingerprint density at radius 1 is 0.268 bits per heavy atom. The Hall–Kier alpha value is -9.72. The lowest BCUT2D eigenvalue weighted by Crippen LogP contribution is -2.10. The van der Waals surface area contributed by atoms with Crippen LogP contribution < -0.4 is 9.80 Å². The molecule has 0 unspecified atom stereocenters. The zero-order valence-electron chi connectivity index (χ0n) is 47.7. The van der Waals surface area contributed by atoms with Gasteiger partial charge in [0.05, 0.1) is 33.5 Å². The molecule has 5 heterocycles. The average molecular weight is 1060 g/mol. The second-order valence-corrected chi connectivity index (χ2v) is 22.1. The third kappa shape index (κ3) is 7.35. The molecule has 82 heavy (non-hydrogen) atoms. The molecule has 0 aliphatic carbocycles. The van der Waals surface area contributed by atoms with E-state index in [1.54, 1.807) is 0 Å².